The molecule has 1 aliphatic heterocycles. The maximum absolute atomic E-state index is 5.63. The van der Waals surface area contributed by atoms with Gasteiger partial charge < -0.3 is 10.1 Å². The fourth-order valence-electron chi connectivity index (χ4n) is 1.38. The average molecular weight is 194 g/mol. The molecule has 78 valence electrons. The van der Waals surface area contributed by atoms with E-state index in [2.05, 4.69) is 16.4 Å². The van der Waals surface area contributed by atoms with Gasteiger partial charge in [-0.2, -0.15) is 0 Å². The van der Waals surface area contributed by atoms with Crippen LogP contribution >= 0.6 is 0 Å². The molecule has 0 spiro atoms. The Hall–Kier alpha value is -0.930. The van der Waals surface area contributed by atoms with Gasteiger partial charge in [0.1, 0.15) is 0 Å². The monoisotopic (exact) mass is 194 g/mol. The summed E-state index contributed by atoms with van der Waals surface area (Å²) in [7, 11) is 0. The molecule has 0 aliphatic carbocycles. The summed E-state index contributed by atoms with van der Waals surface area (Å²) in [6, 6.07) is 0. The zero-order chi connectivity index (χ0) is 10.2. The van der Waals surface area contributed by atoms with Crippen LogP contribution in [0.5, 0.6) is 0 Å². The van der Waals surface area contributed by atoms with Crippen LogP contribution in [0.2, 0.25) is 0 Å². The summed E-state index contributed by atoms with van der Waals surface area (Å²) < 4.78 is 5.63. The van der Waals surface area contributed by atoms with Crippen LogP contribution in [0, 0.1) is 0 Å². The lowest BCUT2D eigenvalue weighted by molar-refractivity contribution is 0.0538. The lowest BCUT2D eigenvalue weighted by Gasteiger charge is -2.24. The molecule has 0 aromatic carbocycles. The summed E-state index contributed by atoms with van der Waals surface area (Å²) in [6.07, 6.45) is 7.81. The van der Waals surface area contributed by atoms with Crippen molar-refractivity contribution < 1.29 is 4.74 Å². The number of hydrogen-bond donors (Lipinski definition) is 1. The highest BCUT2D eigenvalue weighted by Crippen LogP contribution is 2.10. The Morgan fingerprint density at radius 1 is 1.50 bits per heavy atom. The third-order valence-corrected chi connectivity index (χ3v) is 2.13. The zero-order valence-corrected chi connectivity index (χ0v) is 8.86. The second-order valence-corrected chi connectivity index (χ2v) is 3.08. The molecule has 0 saturated carbocycles. The topological polar surface area (TPSA) is 33.6 Å². The van der Waals surface area contributed by atoms with Gasteiger partial charge in [0.2, 0.25) is 0 Å². The number of allylic oxidation sites excluding steroid dienone is 1. The number of aliphatic imine (C=N–C) groups is 1. The van der Waals surface area contributed by atoms with Crippen LogP contribution in [-0.4, -0.2) is 32.0 Å². The van der Waals surface area contributed by atoms with Gasteiger partial charge in [0, 0.05) is 25.5 Å². The molecule has 1 aliphatic rings. The van der Waals surface area contributed by atoms with E-state index >= 15 is 0 Å². The predicted molar refractivity (Wildman–Crippen MR) is 59.7 cm³/mol. The van der Waals surface area contributed by atoms with Gasteiger partial charge in [-0.1, -0.05) is 6.08 Å². The fraction of sp³-hybridized carbons (Fsp3) is 0.545. The highest BCUT2D eigenvalue weighted by atomic mass is 16.5. The van der Waals surface area contributed by atoms with Gasteiger partial charge in [0.25, 0.3) is 0 Å². The Balaban J connectivity index is 2.52. The molecule has 3 nitrogen and oxygen atoms in total. The molecule has 0 bridgehead atoms. The number of rotatable bonds is 3. The predicted octanol–water partition coefficient (Wildman–Crippen LogP) is 1.53. The van der Waals surface area contributed by atoms with Gasteiger partial charge in [-0.25, -0.2) is 0 Å². The molecule has 3 heteroatoms. The lowest BCUT2D eigenvalue weighted by atomic mass is 10.1. The molecule has 1 heterocycles. The highest BCUT2D eigenvalue weighted by molar-refractivity contribution is 5.54. The summed E-state index contributed by atoms with van der Waals surface area (Å²) >= 11 is 0. The molecule has 0 aromatic rings. The molecule has 0 aromatic heterocycles. The van der Waals surface area contributed by atoms with Crippen molar-refractivity contribution in [2.75, 3.05) is 19.7 Å². The third kappa shape index (κ3) is 3.44. The van der Waals surface area contributed by atoms with E-state index in [4.69, 9.17) is 4.74 Å². The van der Waals surface area contributed by atoms with Crippen molar-refractivity contribution in [2.24, 2.45) is 4.99 Å². The maximum Gasteiger partial charge on any atom is 0.0947 e. The quantitative estimate of drug-likeness (QED) is 0.546. The Bertz CT molecular complexity index is 238. The standard InChI is InChI=1S/C11H18N2O/c1-3-10(5-6-12-4-2)11-9-13-7-8-14-11/h3-6,11,13H,7-9H2,1-2H3/b6-5-,10-3+,12-4?. The van der Waals surface area contributed by atoms with Crippen molar-refractivity contribution in [3.8, 4) is 0 Å². The minimum atomic E-state index is 0.178. The van der Waals surface area contributed by atoms with Gasteiger partial charge in [0.15, 0.2) is 0 Å². The van der Waals surface area contributed by atoms with Gasteiger partial charge in [-0.05, 0) is 25.5 Å². The van der Waals surface area contributed by atoms with Gasteiger partial charge in [-0.3, -0.25) is 4.99 Å². The van der Waals surface area contributed by atoms with Gasteiger partial charge in [0.05, 0.1) is 12.7 Å². The Morgan fingerprint density at radius 2 is 2.36 bits per heavy atom. The summed E-state index contributed by atoms with van der Waals surface area (Å²) in [4.78, 5) is 4.03. The summed E-state index contributed by atoms with van der Waals surface area (Å²) in [6.45, 7) is 6.54. The molecular formula is C11H18N2O. The molecule has 1 atom stereocenters. The van der Waals surface area contributed by atoms with Gasteiger partial charge >= 0.3 is 0 Å². The van der Waals surface area contributed by atoms with Crippen molar-refractivity contribution in [3.05, 3.63) is 23.9 Å². The van der Waals surface area contributed by atoms with Crippen molar-refractivity contribution in [1.82, 2.24) is 5.32 Å². The molecule has 1 fully saturated rings. The van der Waals surface area contributed by atoms with E-state index in [-0.39, 0.29) is 6.10 Å². The second kappa shape index (κ2) is 6.51. The second-order valence-electron chi connectivity index (χ2n) is 3.08. The minimum Gasteiger partial charge on any atom is -0.371 e. The Morgan fingerprint density at radius 3 is 2.93 bits per heavy atom. The average Bonchev–Trinajstić information content (AvgIpc) is 2.26. The van der Waals surface area contributed by atoms with Crippen LogP contribution in [0.3, 0.4) is 0 Å². The van der Waals surface area contributed by atoms with Crippen LogP contribution in [0.25, 0.3) is 0 Å². The molecule has 1 N–H and O–H groups in total. The first-order chi connectivity index (χ1) is 6.88. The first-order valence-corrected chi connectivity index (χ1v) is 5.01. The van der Waals surface area contributed by atoms with Crippen LogP contribution < -0.4 is 5.32 Å². The number of morpholine rings is 1. The largest absolute Gasteiger partial charge is 0.371 e. The first kappa shape index (κ1) is 11.1. The Labute approximate surface area is 85.6 Å². The number of nitrogens with one attached hydrogen (secondary N) is 1. The maximum atomic E-state index is 5.63. The van der Waals surface area contributed by atoms with Crippen LogP contribution in [0.4, 0.5) is 0 Å². The van der Waals surface area contributed by atoms with E-state index in [1.165, 1.54) is 5.57 Å². The van der Waals surface area contributed by atoms with E-state index in [1.54, 1.807) is 12.4 Å². The molecule has 0 amide bonds. The third-order valence-electron chi connectivity index (χ3n) is 2.13. The molecule has 1 rings (SSSR count). The van der Waals surface area contributed by atoms with Crippen molar-refractivity contribution in [3.63, 3.8) is 0 Å². The van der Waals surface area contributed by atoms with Crippen molar-refractivity contribution >= 4 is 6.21 Å². The molecular weight excluding hydrogens is 176 g/mol. The highest BCUT2D eigenvalue weighted by Gasteiger charge is 2.15. The number of nitrogens with zero attached hydrogens (tertiary/aromatic N) is 1. The van der Waals surface area contributed by atoms with Crippen molar-refractivity contribution in [1.29, 1.82) is 0 Å². The minimum absolute atomic E-state index is 0.178. The lowest BCUT2D eigenvalue weighted by Crippen LogP contribution is -2.39. The first-order valence-electron chi connectivity index (χ1n) is 5.01. The number of hydrogen-bond acceptors (Lipinski definition) is 3. The van der Waals surface area contributed by atoms with Gasteiger partial charge in [-0.15, -0.1) is 0 Å². The van der Waals surface area contributed by atoms with E-state index in [1.807, 2.05) is 19.9 Å². The van der Waals surface area contributed by atoms with E-state index in [0.29, 0.717) is 0 Å². The normalized spacial score (nSPS) is 25.0. The smallest absolute Gasteiger partial charge is 0.0947 e. The van der Waals surface area contributed by atoms with E-state index in [0.717, 1.165) is 19.7 Å². The fourth-order valence-corrected chi connectivity index (χ4v) is 1.38. The van der Waals surface area contributed by atoms with Crippen LogP contribution in [-0.2, 0) is 4.74 Å². The summed E-state index contributed by atoms with van der Waals surface area (Å²) in [5, 5.41) is 3.30. The summed E-state index contributed by atoms with van der Waals surface area (Å²) in [5.41, 5.74) is 1.18. The molecule has 0 radical (unpaired) electrons. The zero-order valence-electron chi connectivity index (χ0n) is 8.86. The van der Waals surface area contributed by atoms with E-state index in [9.17, 15) is 0 Å². The van der Waals surface area contributed by atoms with Crippen LogP contribution in [0.15, 0.2) is 28.9 Å². The molecule has 1 unspecified atom stereocenters. The molecule has 1 saturated heterocycles. The number of ether oxygens (including phenoxy) is 1. The van der Waals surface area contributed by atoms with Crippen LogP contribution in [0.1, 0.15) is 13.8 Å². The summed E-state index contributed by atoms with van der Waals surface area (Å²) in [5.74, 6) is 0. The van der Waals surface area contributed by atoms with Crippen molar-refractivity contribution in [2.45, 2.75) is 20.0 Å². The molecule has 14 heavy (non-hydrogen) atoms. The van der Waals surface area contributed by atoms with E-state index < -0.39 is 0 Å². The SMILES string of the molecule is CC=N/C=C\C(=C/C)C1CNCCO1. The Kier molecular flexibility index (Phi) is 5.19.